The lowest BCUT2D eigenvalue weighted by atomic mass is 10.2. The van der Waals surface area contributed by atoms with Crippen molar-refractivity contribution in [2.45, 2.75) is 19.8 Å². The van der Waals surface area contributed by atoms with E-state index in [1.807, 2.05) is 18.3 Å². The number of nitrogens with one attached hydrogen (secondary N) is 1. The topological polar surface area (TPSA) is 45.8 Å². The molecule has 16 heavy (non-hydrogen) atoms. The Labute approximate surface area is 106 Å². The van der Waals surface area contributed by atoms with Gasteiger partial charge in [0, 0.05) is 12.8 Å². The summed E-state index contributed by atoms with van der Waals surface area (Å²) in [6, 6.07) is 4.05. The smallest absolute Gasteiger partial charge is 0.130 e. The van der Waals surface area contributed by atoms with Crippen LogP contribution >= 0.6 is 27.3 Å². The summed E-state index contributed by atoms with van der Waals surface area (Å²) in [6.07, 6.45) is 3.04. The largest absolute Gasteiger partial charge is 0.341 e. The highest BCUT2D eigenvalue weighted by molar-refractivity contribution is 9.11. The number of ketones is 1. The van der Waals surface area contributed by atoms with Crippen LogP contribution in [0.25, 0.3) is 10.6 Å². The summed E-state index contributed by atoms with van der Waals surface area (Å²) >= 11 is 5.08. The maximum Gasteiger partial charge on any atom is 0.130 e. The van der Waals surface area contributed by atoms with Crippen LogP contribution in [0.4, 0.5) is 0 Å². The minimum Gasteiger partial charge on any atom is -0.341 e. The van der Waals surface area contributed by atoms with Gasteiger partial charge in [0.05, 0.1) is 20.6 Å². The molecule has 0 saturated carbocycles. The first kappa shape index (κ1) is 11.5. The fraction of sp³-hybridized carbons (Fsp3) is 0.273. The second-order valence-corrected chi connectivity index (χ2v) is 6.01. The Morgan fingerprint density at radius 3 is 3.00 bits per heavy atom. The Hall–Kier alpha value is -0.940. The molecule has 2 aromatic rings. The number of Topliss-reactive ketones (excluding diaryl/α,β-unsaturated/α-hetero) is 1. The van der Waals surface area contributed by atoms with E-state index < -0.39 is 0 Å². The van der Waals surface area contributed by atoms with Crippen molar-refractivity contribution in [3.8, 4) is 10.6 Å². The van der Waals surface area contributed by atoms with Gasteiger partial charge in [-0.05, 0) is 35.0 Å². The van der Waals surface area contributed by atoms with E-state index in [4.69, 9.17) is 0 Å². The van der Waals surface area contributed by atoms with E-state index in [1.165, 1.54) is 0 Å². The van der Waals surface area contributed by atoms with Gasteiger partial charge in [-0.1, -0.05) is 0 Å². The molecule has 1 N–H and O–H groups in total. The predicted molar refractivity (Wildman–Crippen MR) is 68.6 cm³/mol. The molecule has 84 valence electrons. The molecule has 0 aliphatic heterocycles. The summed E-state index contributed by atoms with van der Waals surface area (Å²) in [5.41, 5.74) is 1.01. The molecule has 0 fully saturated rings. The van der Waals surface area contributed by atoms with Crippen LogP contribution in [0.1, 0.15) is 19.2 Å². The molecule has 0 aliphatic rings. The summed E-state index contributed by atoms with van der Waals surface area (Å²) in [7, 11) is 0. The Morgan fingerprint density at radius 1 is 1.56 bits per heavy atom. The summed E-state index contributed by atoms with van der Waals surface area (Å²) in [5, 5.41) is 0. The Kier molecular flexibility index (Phi) is 3.56. The number of aryl methyl sites for hydroxylation is 1. The summed E-state index contributed by atoms with van der Waals surface area (Å²) in [4.78, 5) is 19.5. The normalized spacial score (nSPS) is 10.6. The number of aromatic nitrogens is 2. The van der Waals surface area contributed by atoms with Gasteiger partial charge in [0.2, 0.25) is 0 Å². The van der Waals surface area contributed by atoms with Gasteiger partial charge in [0.15, 0.2) is 0 Å². The van der Waals surface area contributed by atoms with Crippen LogP contribution in [-0.2, 0) is 11.2 Å². The minimum atomic E-state index is 0.191. The number of carbonyl (C=O) groups excluding carboxylic acids is 1. The number of carbonyl (C=O) groups is 1. The second-order valence-electron chi connectivity index (χ2n) is 3.55. The monoisotopic (exact) mass is 298 g/mol. The molecule has 2 aromatic heterocycles. The number of H-pyrrole nitrogens is 1. The molecule has 0 radical (unpaired) electrons. The zero-order valence-corrected chi connectivity index (χ0v) is 11.2. The van der Waals surface area contributed by atoms with Crippen molar-refractivity contribution < 1.29 is 4.79 Å². The summed E-state index contributed by atoms with van der Waals surface area (Å²) in [6.45, 7) is 1.60. The lowest BCUT2D eigenvalue weighted by Crippen LogP contribution is -1.95. The number of nitrogens with zero attached hydrogens (tertiary/aromatic N) is 1. The Balaban J connectivity index is 2.10. The highest BCUT2D eigenvalue weighted by Crippen LogP contribution is 2.30. The molecule has 0 spiro atoms. The minimum absolute atomic E-state index is 0.191. The van der Waals surface area contributed by atoms with Crippen LogP contribution in [0.15, 0.2) is 22.1 Å². The first-order valence-corrected chi connectivity index (χ1v) is 6.55. The third kappa shape index (κ3) is 2.80. The van der Waals surface area contributed by atoms with Crippen molar-refractivity contribution in [2.75, 3.05) is 0 Å². The molecular formula is C11H11BrN2OS. The van der Waals surface area contributed by atoms with Crippen LogP contribution in [-0.4, -0.2) is 15.8 Å². The van der Waals surface area contributed by atoms with Crippen LogP contribution < -0.4 is 0 Å². The van der Waals surface area contributed by atoms with Gasteiger partial charge in [0.1, 0.15) is 11.6 Å². The van der Waals surface area contributed by atoms with Crippen molar-refractivity contribution in [3.63, 3.8) is 0 Å². The van der Waals surface area contributed by atoms with Gasteiger partial charge in [0.25, 0.3) is 0 Å². The van der Waals surface area contributed by atoms with Gasteiger partial charge in [-0.25, -0.2) is 4.98 Å². The zero-order chi connectivity index (χ0) is 11.5. The van der Waals surface area contributed by atoms with Crippen molar-refractivity contribution in [1.29, 1.82) is 0 Å². The van der Waals surface area contributed by atoms with Crippen LogP contribution in [0.5, 0.6) is 0 Å². The lowest BCUT2D eigenvalue weighted by molar-refractivity contribution is -0.117. The Bertz CT molecular complexity index is 504. The second kappa shape index (κ2) is 4.93. The lowest BCUT2D eigenvalue weighted by Gasteiger charge is -1.93. The van der Waals surface area contributed by atoms with Crippen molar-refractivity contribution >= 4 is 33.0 Å². The highest BCUT2D eigenvalue weighted by atomic mass is 79.9. The molecule has 2 rings (SSSR count). The number of rotatable bonds is 4. The van der Waals surface area contributed by atoms with E-state index in [0.29, 0.717) is 12.8 Å². The molecule has 0 saturated heterocycles. The molecule has 0 bridgehead atoms. The molecular weight excluding hydrogens is 288 g/mol. The quantitative estimate of drug-likeness (QED) is 0.940. The highest BCUT2D eigenvalue weighted by Gasteiger charge is 2.06. The average Bonchev–Trinajstić information content (AvgIpc) is 2.83. The van der Waals surface area contributed by atoms with E-state index in [-0.39, 0.29) is 5.78 Å². The molecule has 0 aliphatic carbocycles. The molecule has 0 atom stereocenters. The van der Waals surface area contributed by atoms with Crippen LogP contribution in [0.2, 0.25) is 0 Å². The first-order valence-electron chi connectivity index (χ1n) is 4.94. The predicted octanol–water partition coefficient (Wildman–Crippen LogP) is 3.42. The number of imidazole rings is 1. The number of halogens is 1. The first-order chi connectivity index (χ1) is 7.65. The fourth-order valence-electron chi connectivity index (χ4n) is 1.37. The molecule has 0 amide bonds. The standard InChI is InChI=1S/C11H11BrN2OS/c1-7(15)2-5-11-13-6-8(14-11)9-3-4-10(12)16-9/h3-4,6H,2,5H2,1H3,(H,13,14). The van der Waals surface area contributed by atoms with E-state index in [1.54, 1.807) is 18.3 Å². The van der Waals surface area contributed by atoms with Gasteiger partial charge < -0.3 is 9.78 Å². The van der Waals surface area contributed by atoms with E-state index in [9.17, 15) is 4.79 Å². The number of hydrogen-bond acceptors (Lipinski definition) is 3. The average molecular weight is 299 g/mol. The van der Waals surface area contributed by atoms with Crippen molar-refractivity contribution in [2.24, 2.45) is 0 Å². The van der Waals surface area contributed by atoms with Gasteiger partial charge >= 0.3 is 0 Å². The molecule has 0 aromatic carbocycles. The molecule has 3 nitrogen and oxygen atoms in total. The van der Waals surface area contributed by atoms with Gasteiger partial charge in [-0.3, -0.25) is 0 Å². The Morgan fingerprint density at radius 2 is 2.38 bits per heavy atom. The number of hydrogen-bond donors (Lipinski definition) is 1. The number of thiophene rings is 1. The molecule has 2 heterocycles. The van der Waals surface area contributed by atoms with Gasteiger partial charge in [-0.15, -0.1) is 11.3 Å². The summed E-state index contributed by atoms with van der Waals surface area (Å²) in [5.74, 6) is 1.06. The maximum atomic E-state index is 10.9. The van der Waals surface area contributed by atoms with Gasteiger partial charge in [-0.2, -0.15) is 0 Å². The van der Waals surface area contributed by atoms with E-state index in [2.05, 4.69) is 25.9 Å². The summed E-state index contributed by atoms with van der Waals surface area (Å²) < 4.78 is 1.10. The van der Waals surface area contributed by atoms with Crippen LogP contribution in [0.3, 0.4) is 0 Å². The number of aromatic amines is 1. The SMILES string of the molecule is CC(=O)CCc1ncc(-c2ccc(Br)s2)[nH]1. The molecule has 5 heteroatoms. The van der Waals surface area contributed by atoms with E-state index in [0.717, 1.165) is 20.2 Å². The van der Waals surface area contributed by atoms with E-state index >= 15 is 0 Å². The van der Waals surface area contributed by atoms with Crippen LogP contribution in [0, 0.1) is 0 Å². The fourth-order valence-corrected chi connectivity index (χ4v) is 2.72. The van der Waals surface area contributed by atoms with Crippen molar-refractivity contribution in [1.82, 2.24) is 9.97 Å². The third-order valence-corrected chi connectivity index (χ3v) is 3.84. The third-order valence-electron chi connectivity index (χ3n) is 2.18. The molecule has 0 unspecified atom stereocenters. The maximum absolute atomic E-state index is 10.9. The van der Waals surface area contributed by atoms with Crippen molar-refractivity contribution in [3.05, 3.63) is 27.9 Å². The zero-order valence-electron chi connectivity index (χ0n) is 8.79.